The summed E-state index contributed by atoms with van der Waals surface area (Å²) in [7, 11) is 0. The molecule has 0 aliphatic heterocycles. The number of hydrogen-bond donors (Lipinski definition) is 1. The van der Waals surface area contributed by atoms with Crippen LogP contribution in [0, 0.1) is 5.82 Å². The molecule has 0 amide bonds. The summed E-state index contributed by atoms with van der Waals surface area (Å²) in [6, 6.07) is 11.1. The molecule has 0 saturated carbocycles. The van der Waals surface area contributed by atoms with Crippen LogP contribution < -0.4 is 4.90 Å². The van der Waals surface area contributed by atoms with Crippen molar-refractivity contribution in [1.29, 1.82) is 0 Å². The first kappa shape index (κ1) is 15.3. The van der Waals surface area contributed by atoms with Gasteiger partial charge in [0.25, 0.3) is 0 Å². The van der Waals surface area contributed by atoms with Crippen molar-refractivity contribution < 1.29 is 14.3 Å². The van der Waals surface area contributed by atoms with E-state index in [-0.39, 0.29) is 11.4 Å². The molecule has 1 N–H and O–H groups in total. The van der Waals surface area contributed by atoms with Crippen molar-refractivity contribution in [2.45, 2.75) is 13.5 Å². The smallest absolute Gasteiger partial charge is 0.335 e. The fourth-order valence-electron chi connectivity index (χ4n) is 2.09. The number of aromatic carboxylic acids is 1. The Labute approximate surface area is 127 Å². The molecule has 0 aliphatic carbocycles. The van der Waals surface area contributed by atoms with E-state index in [1.807, 2.05) is 11.8 Å². The van der Waals surface area contributed by atoms with Gasteiger partial charge in [-0.3, -0.25) is 0 Å². The Kier molecular flexibility index (Phi) is 4.81. The van der Waals surface area contributed by atoms with Crippen molar-refractivity contribution in [3.63, 3.8) is 0 Å². The number of hydrogen-bond acceptors (Lipinski definition) is 2. The van der Waals surface area contributed by atoms with Crippen LogP contribution in [0.25, 0.3) is 0 Å². The van der Waals surface area contributed by atoms with Crippen molar-refractivity contribution in [2.24, 2.45) is 0 Å². The van der Waals surface area contributed by atoms with Gasteiger partial charge in [-0.1, -0.05) is 29.8 Å². The van der Waals surface area contributed by atoms with E-state index < -0.39 is 5.97 Å². The van der Waals surface area contributed by atoms with Crippen LogP contribution in [0.4, 0.5) is 10.1 Å². The van der Waals surface area contributed by atoms with E-state index in [0.29, 0.717) is 23.8 Å². The van der Waals surface area contributed by atoms with Crippen LogP contribution in [0.15, 0.2) is 42.5 Å². The Hall–Kier alpha value is -2.07. The number of benzene rings is 2. The lowest BCUT2D eigenvalue weighted by molar-refractivity contribution is 0.0697. The van der Waals surface area contributed by atoms with Crippen LogP contribution in [0.2, 0.25) is 5.02 Å². The monoisotopic (exact) mass is 307 g/mol. The standard InChI is InChI=1S/C16H15ClFNO2/c1-2-19(15-6-4-3-5-14(15)18)10-12-8-7-11(16(20)21)9-13(12)17/h3-9H,2,10H2,1H3,(H,20,21). The largest absolute Gasteiger partial charge is 0.478 e. The molecule has 2 aromatic carbocycles. The molecule has 110 valence electrons. The van der Waals surface area contributed by atoms with Crippen LogP contribution in [0.3, 0.4) is 0 Å². The maximum Gasteiger partial charge on any atom is 0.335 e. The van der Waals surface area contributed by atoms with Crippen LogP contribution >= 0.6 is 11.6 Å². The average molecular weight is 308 g/mol. The number of nitrogens with zero attached hydrogens (tertiary/aromatic N) is 1. The lowest BCUT2D eigenvalue weighted by Crippen LogP contribution is -2.23. The Balaban J connectivity index is 2.27. The van der Waals surface area contributed by atoms with Gasteiger partial charge in [-0.15, -0.1) is 0 Å². The first-order valence-corrected chi connectivity index (χ1v) is 6.92. The van der Waals surface area contributed by atoms with Crippen molar-refractivity contribution in [3.05, 3.63) is 64.4 Å². The minimum atomic E-state index is -1.02. The lowest BCUT2D eigenvalue weighted by Gasteiger charge is -2.24. The van der Waals surface area contributed by atoms with E-state index >= 15 is 0 Å². The summed E-state index contributed by atoms with van der Waals surface area (Å²) in [6.45, 7) is 2.94. The molecule has 3 nitrogen and oxygen atoms in total. The number of para-hydroxylation sites is 1. The summed E-state index contributed by atoms with van der Waals surface area (Å²) in [5, 5.41) is 9.29. The van der Waals surface area contributed by atoms with Gasteiger partial charge in [0.05, 0.1) is 11.3 Å². The third-order valence-electron chi connectivity index (χ3n) is 3.24. The van der Waals surface area contributed by atoms with Gasteiger partial charge in [-0.25, -0.2) is 9.18 Å². The number of rotatable bonds is 5. The molecule has 2 rings (SSSR count). The molecule has 0 aliphatic rings. The second-order valence-corrected chi connectivity index (χ2v) is 4.98. The van der Waals surface area contributed by atoms with Crippen molar-refractivity contribution >= 4 is 23.3 Å². The van der Waals surface area contributed by atoms with Crippen LogP contribution in [0.5, 0.6) is 0 Å². The van der Waals surface area contributed by atoms with E-state index in [1.54, 1.807) is 24.3 Å². The summed E-state index contributed by atoms with van der Waals surface area (Å²) in [6.07, 6.45) is 0. The summed E-state index contributed by atoms with van der Waals surface area (Å²) >= 11 is 6.12. The van der Waals surface area contributed by atoms with E-state index in [2.05, 4.69) is 0 Å². The molecular weight excluding hydrogens is 293 g/mol. The van der Waals surface area contributed by atoms with Crippen LogP contribution in [-0.4, -0.2) is 17.6 Å². The Morgan fingerprint density at radius 2 is 2.00 bits per heavy atom. The molecule has 0 atom stereocenters. The number of anilines is 1. The lowest BCUT2D eigenvalue weighted by atomic mass is 10.1. The highest BCUT2D eigenvalue weighted by molar-refractivity contribution is 6.31. The molecule has 0 heterocycles. The average Bonchev–Trinajstić information content (AvgIpc) is 2.47. The molecule has 0 aromatic heterocycles. The molecular formula is C16H15ClFNO2. The Morgan fingerprint density at radius 1 is 1.29 bits per heavy atom. The summed E-state index contributed by atoms with van der Waals surface area (Å²) < 4.78 is 13.8. The molecule has 21 heavy (non-hydrogen) atoms. The zero-order valence-corrected chi connectivity index (χ0v) is 12.3. The zero-order chi connectivity index (χ0) is 15.4. The minimum absolute atomic E-state index is 0.137. The normalized spacial score (nSPS) is 10.4. The fourth-order valence-corrected chi connectivity index (χ4v) is 2.33. The van der Waals surface area contributed by atoms with Gasteiger partial charge in [-0.2, -0.15) is 0 Å². The zero-order valence-electron chi connectivity index (χ0n) is 11.5. The van der Waals surface area contributed by atoms with Gasteiger partial charge >= 0.3 is 5.97 Å². The van der Waals surface area contributed by atoms with Gasteiger partial charge in [-0.05, 0) is 36.8 Å². The van der Waals surface area contributed by atoms with Crippen LogP contribution in [0.1, 0.15) is 22.8 Å². The molecule has 2 aromatic rings. The Morgan fingerprint density at radius 3 is 2.57 bits per heavy atom. The summed E-state index contributed by atoms with van der Waals surface area (Å²) in [5.74, 6) is -1.32. The number of carboxylic acids is 1. The first-order chi connectivity index (χ1) is 10.0. The fraction of sp³-hybridized carbons (Fsp3) is 0.188. The van der Waals surface area contributed by atoms with E-state index in [0.717, 1.165) is 5.56 Å². The molecule has 5 heteroatoms. The van der Waals surface area contributed by atoms with Crippen molar-refractivity contribution in [2.75, 3.05) is 11.4 Å². The van der Waals surface area contributed by atoms with E-state index in [4.69, 9.17) is 16.7 Å². The molecule has 0 fully saturated rings. The first-order valence-electron chi connectivity index (χ1n) is 6.54. The minimum Gasteiger partial charge on any atom is -0.478 e. The molecule has 0 spiro atoms. The SMILES string of the molecule is CCN(Cc1ccc(C(=O)O)cc1Cl)c1ccccc1F. The highest BCUT2D eigenvalue weighted by atomic mass is 35.5. The van der Waals surface area contributed by atoms with Gasteiger partial charge in [0.15, 0.2) is 0 Å². The highest BCUT2D eigenvalue weighted by Crippen LogP contribution is 2.24. The van der Waals surface area contributed by atoms with Gasteiger partial charge in [0, 0.05) is 18.1 Å². The van der Waals surface area contributed by atoms with E-state index in [9.17, 15) is 9.18 Å². The summed E-state index contributed by atoms with van der Waals surface area (Å²) in [5.41, 5.74) is 1.39. The molecule has 0 bridgehead atoms. The third kappa shape index (κ3) is 3.52. The quantitative estimate of drug-likeness (QED) is 0.900. The van der Waals surface area contributed by atoms with E-state index in [1.165, 1.54) is 18.2 Å². The second kappa shape index (κ2) is 6.59. The van der Waals surface area contributed by atoms with Gasteiger partial charge < -0.3 is 10.0 Å². The highest BCUT2D eigenvalue weighted by Gasteiger charge is 2.13. The maximum absolute atomic E-state index is 13.8. The number of carbonyl (C=O) groups is 1. The number of halogens is 2. The molecule has 0 radical (unpaired) electrons. The molecule has 0 saturated heterocycles. The Bertz CT molecular complexity index is 660. The van der Waals surface area contributed by atoms with Gasteiger partial charge in [0.1, 0.15) is 5.82 Å². The van der Waals surface area contributed by atoms with Gasteiger partial charge in [0.2, 0.25) is 0 Å². The summed E-state index contributed by atoms with van der Waals surface area (Å²) in [4.78, 5) is 12.7. The van der Waals surface area contributed by atoms with Crippen molar-refractivity contribution in [3.8, 4) is 0 Å². The topological polar surface area (TPSA) is 40.5 Å². The van der Waals surface area contributed by atoms with Crippen molar-refractivity contribution in [1.82, 2.24) is 0 Å². The third-order valence-corrected chi connectivity index (χ3v) is 3.59. The van der Waals surface area contributed by atoms with Crippen LogP contribution in [-0.2, 0) is 6.54 Å². The maximum atomic E-state index is 13.8. The predicted molar refractivity (Wildman–Crippen MR) is 81.5 cm³/mol. The molecule has 0 unspecified atom stereocenters. The number of carboxylic acid groups (broad SMARTS) is 1. The predicted octanol–water partition coefficient (Wildman–Crippen LogP) is 4.20. The second-order valence-electron chi connectivity index (χ2n) is 4.58.